The minimum atomic E-state index is -4.13. The van der Waals surface area contributed by atoms with Crippen LogP contribution in [0.15, 0.2) is 74.3 Å². The Hall–Kier alpha value is -3.09. The molecule has 1 heterocycles. The molecule has 0 bridgehead atoms. The Labute approximate surface area is 137 Å². The van der Waals surface area contributed by atoms with Crippen LogP contribution in [0.25, 0.3) is 21.3 Å². The van der Waals surface area contributed by atoms with E-state index in [1.54, 1.807) is 42.5 Å². The van der Waals surface area contributed by atoms with E-state index in [-0.39, 0.29) is 10.6 Å². The number of para-hydroxylation sites is 1. The van der Waals surface area contributed by atoms with E-state index >= 15 is 0 Å². The van der Waals surface area contributed by atoms with Crippen LogP contribution in [0.4, 0.5) is 5.69 Å². The van der Waals surface area contributed by atoms with Gasteiger partial charge in [0.2, 0.25) is 9.84 Å². The molecule has 120 valence electrons. The highest BCUT2D eigenvalue weighted by atomic mass is 32.2. The van der Waals surface area contributed by atoms with Crippen LogP contribution >= 0.6 is 0 Å². The molecule has 7 nitrogen and oxygen atoms in total. The molecule has 24 heavy (non-hydrogen) atoms. The summed E-state index contributed by atoms with van der Waals surface area (Å²) in [5, 5.41) is 3.91. The summed E-state index contributed by atoms with van der Waals surface area (Å²) >= 11 is 0. The molecule has 3 aromatic rings. The molecule has 0 aliphatic heterocycles. The van der Waals surface area contributed by atoms with Crippen LogP contribution in [0.5, 0.6) is 0 Å². The number of fused-ring (bicyclic) bond motifs is 1. The smallest absolute Gasteiger partial charge is 0.270 e. The van der Waals surface area contributed by atoms with Crippen LogP contribution in [0.2, 0.25) is 0 Å². The number of rotatable bonds is 3. The molecule has 0 saturated heterocycles. The number of aryl methyl sites for hydroxylation is 1. The van der Waals surface area contributed by atoms with E-state index in [9.17, 15) is 13.2 Å². The summed E-state index contributed by atoms with van der Waals surface area (Å²) in [4.78, 5) is 14.8. The maximum atomic E-state index is 12.9. The molecule has 0 spiro atoms. The van der Waals surface area contributed by atoms with Gasteiger partial charge >= 0.3 is 0 Å². The molecule has 1 aromatic heterocycles. The topological polar surface area (TPSA) is 105 Å². The molecule has 0 radical (unpaired) electrons. The molecule has 0 N–H and O–H groups in total. The number of benzene rings is 2. The summed E-state index contributed by atoms with van der Waals surface area (Å²) in [5.74, 6) is 0. The van der Waals surface area contributed by atoms with Gasteiger partial charge in [-0.05, 0) is 23.7 Å². The normalized spacial score (nSPS) is 11.2. The molecule has 0 aliphatic rings. The fraction of sp³-hybridized carbons (Fsp3) is 0.0625. The van der Waals surface area contributed by atoms with Crippen molar-refractivity contribution in [2.45, 2.75) is 9.79 Å². The van der Waals surface area contributed by atoms with Gasteiger partial charge in [0.05, 0.1) is 16.1 Å². The second-order valence-electron chi connectivity index (χ2n) is 5.06. The fourth-order valence-corrected chi connectivity index (χ4v) is 4.08. The molecular weight excluding hydrogens is 328 g/mol. The SMILES string of the molecule is Cn1c(=O)c(S(=O)(=O)c2ccccc2)c(N=[N+]=[N-])c2ccccc21. The van der Waals surface area contributed by atoms with Crippen LogP contribution in [-0.2, 0) is 16.9 Å². The van der Waals surface area contributed by atoms with Crippen LogP contribution in [0.1, 0.15) is 0 Å². The van der Waals surface area contributed by atoms with Gasteiger partial charge in [0.1, 0.15) is 4.90 Å². The lowest BCUT2D eigenvalue weighted by atomic mass is 10.2. The van der Waals surface area contributed by atoms with Gasteiger partial charge in [0, 0.05) is 17.3 Å². The largest absolute Gasteiger partial charge is 0.310 e. The second kappa shape index (κ2) is 5.84. The Morgan fingerprint density at radius 3 is 2.33 bits per heavy atom. The van der Waals surface area contributed by atoms with Gasteiger partial charge in [-0.2, -0.15) is 0 Å². The number of pyridine rings is 1. The predicted octanol–water partition coefficient (Wildman–Crippen LogP) is 3.31. The number of sulfone groups is 1. The van der Waals surface area contributed by atoms with Crippen molar-refractivity contribution in [2.24, 2.45) is 12.2 Å². The highest BCUT2D eigenvalue weighted by Crippen LogP contribution is 2.33. The monoisotopic (exact) mass is 340 g/mol. The molecule has 2 aromatic carbocycles. The Morgan fingerprint density at radius 2 is 1.67 bits per heavy atom. The van der Waals surface area contributed by atoms with Crippen molar-refractivity contribution in [2.75, 3.05) is 0 Å². The number of aromatic nitrogens is 1. The van der Waals surface area contributed by atoms with E-state index < -0.39 is 20.3 Å². The summed E-state index contributed by atoms with van der Waals surface area (Å²) in [7, 11) is -2.65. The van der Waals surface area contributed by atoms with Gasteiger partial charge in [-0.15, -0.1) is 0 Å². The van der Waals surface area contributed by atoms with Crippen molar-refractivity contribution in [3.05, 3.63) is 75.4 Å². The van der Waals surface area contributed by atoms with Crippen molar-refractivity contribution in [1.29, 1.82) is 0 Å². The second-order valence-corrected chi connectivity index (χ2v) is 6.95. The van der Waals surface area contributed by atoms with Crippen LogP contribution in [0.3, 0.4) is 0 Å². The first kappa shape index (κ1) is 15.8. The summed E-state index contributed by atoms with van der Waals surface area (Å²) in [5.41, 5.74) is 8.42. The van der Waals surface area contributed by atoms with E-state index in [0.717, 1.165) is 0 Å². The number of azide groups is 1. The minimum Gasteiger partial charge on any atom is -0.310 e. The van der Waals surface area contributed by atoms with Crippen molar-refractivity contribution in [3.8, 4) is 0 Å². The van der Waals surface area contributed by atoms with Crippen molar-refractivity contribution < 1.29 is 8.42 Å². The third-order valence-corrected chi connectivity index (χ3v) is 5.50. The van der Waals surface area contributed by atoms with E-state index in [2.05, 4.69) is 10.0 Å². The Bertz CT molecular complexity index is 1150. The molecule has 0 unspecified atom stereocenters. The van der Waals surface area contributed by atoms with Gasteiger partial charge in [0.25, 0.3) is 5.56 Å². The highest BCUT2D eigenvalue weighted by Gasteiger charge is 2.27. The van der Waals surface area contributed by atoms with E-state index in [1.165, 1.54) is 23.7 Å². The first-order valence-corrected chi connectivity index (χ1v) is 8.43. The first-order valence-electron chi connectivity index (χ1n) is 6.95. The van der Waals surface area contributed by atoms with Crippen LogP contribution in [-0.4, -0.2) is 13.0 Å². The third-order valence-electron chi connectivity index (χ3n) is 3.70. The van der Waals surface area contributed by atoms with E-state index in [0.29, 0.717) is 10.9 Å². The predicted molar refractivity (Wildman–Crippen MR) is 89.9 cm³/mol. The zero-order chi connectivity index (χ0) is 17.3. The Balaban J connectivity index is 2.54. The van der Waals surface area contributed by atoms with Crippen molar-refractivity contribution >= 4 is 26.4 Å². The van der Waals surface area contributed by atoms with E-state index in [4.69, 9.17) is 5.53 Å². The number of hydrogen-bond donors (Lipinski definition) is 0. The fourth-order valence-electron chi connectivity index (χ4n) is 2.56. The van der Waals surface area contributed by atoms with Gasteiger partial charge in [-0.3, -0.25) is 4.79 Å². The Kier molecular flexibility index (Phi) is 3.84. The minimum absolute atomic E-state index is 0.0354. The lowest BCUT2D eigenvalue weighted by molar-refractivity contribution is 0.594. The average molecular weight is 340 g/mol. The van der Waals surface area contributed by atoms with Crippen LogP contribution < -0.4 is 5.56 Å². The van der Waals surface area contributed by atoms with Gasteiger partial charge in [-0.1, -0.05) is 41.5 Å². The molecule has 0 aliphatic carbocycles. The molecule has 0 fully saturated rings. The van der Waals surface area contributed by atoms with E-state index in [1.807, 2.05) is 0 Å². The van der Waals surface area contributed by atoms with Crippen molar-refractivity contribution in [3.63, 3.8) is 0 Å². The maximum Gasteiger partial charge on any atom is 0.270 e. The number of hydrogen-bond acceptors (Lipinski definition) is 4. The summed E-state index contributed by atoms with van der Waals surface area (Å²) in [6.45, 7) is 0. The molecule has 0 atom stereocenters. The van der Waals surface area contributed by atoms with Gasteiger partial charge in [-0.25, -0.2) is 8.42 Å². The quantitative estimate of drug-likeness (QED) is 0.415. The van der Waals surface area contributed by atoms with Crippen molar-refractivity contribution in [1.82, 2.24) is 4.57 Å². The lowest BCUT2D eigenvalue weighted by Gasteiger charge is -2.13. The molecular formula is C16H12N4O3S. The zero-order valence-corrected chi connectivity index (χ0v) is 13.4. The first-order chi connectivity index (χ1) is 11.5. The summed E-state index contributed by atoms with van der Waals surface area (Å²) in [6, 6.07) is 14.3. The van der Waals surface area contributed by atoms with Crippen LogP contribution in [0, 0.1) is 0 Å². The van der Waals surface area contributed by atoms with Gasteiger partial charge < -0.3 is 4.57 Å². The number of nitrogens with zero attached hydrogens (tertiary/aromatic N) is 4. The lowest BCUT2D eigenvalue weighted by Crippen LogP contribution is -2.24. The summed E-state index contributed by atoms with van der Waals surface area (Å²) < 4.78 is 27.1. The third kappa shape index (κ3) is 2.34. The Morgan fingerprint density at radius 1 is 1.04 bits per heavy atom. The molecule has 3 rings (SSSR count). The highest BCUT2D eigenvalue weighted by molar-refractivity contribution is 7.91. The van der Waals surface area contributed by atoms with Gasteiger partial charge in [0.15, 0.2) is 0 Å². The summed E-state index contributed by atoms with van der Waals surface area (Å²) in [6.07, 6.45) is 0. The molecule has 0 saturated carbocycles. The molecule has 8 heteroatoms. The molecule has 0 amide bonds. The average Bonchev–Trinajstić information content (AvgIpc) is 2.60. The zero-order valence-electron chi connectivity index (χ0n) is 12.6. The standard InChI is InChI=1S/C16H12N4O3S/c1-20-13-10-6-5-9-12(13)14(18-19-17)15(16(20)21)24(22,23)11-7-3-2-4-8-11/h2-10H,1H3. The maximum absolute atomic E-state index is 12.9.